The van der Waals surface area contributed by atoms with Gasteiger partial charge in [-0.25, -0.2) is 0 Å². The molecule has 144 valence electrons. The SMILES string of the molecule is CC(C)(C)c1ccccc1NC(=O)c1ccc(C(=O)NCc2ccco2)cc1. The lowest BCUT2D eigenvalue weighted by Crippen LogP contribution is -2.22. The van der Waals surface area contributed by atoms with E-state index in [-0.39, 0.29) is 17.2 Å². The number of hydrogen-bond donors (Lipinski definition) is 2. The highest BCUT2D eigenvalue weighted by molar-refractivity contribution is 6.05. The van der Waals surface area contributed by atoms with E-state index in [1.54, 1.807) is 42.7 Å². The first-order valence-corrected chi connectivity index (χ1v) is 9.16. The molecule has 2 amide bonds. The third-order valence-electron chi connectivity index (χ3n) is 4.40. The number of anilines is 1. The van der Waals surface area contributed by atoms with Gasteiger partial charge in [-0.2, -0.15) is 0 Å². The van der Waals surface area contributed by atoms with Crippen LogP contribution in [-0.2, 0) is 12.0 Å². The van der Waals surface area contributed by atoms with Gasteiger partial charge in [0, 0.05) is 16.8 Å². The molecule has 28 heavy (non-hydrogen) atoms. The van der Waals surface area contributed by atoms with Gasteiger partial charge < -0.3 is 15.1 Å². The molecule has 0 aliphatic rings. The van der Waals surface area contributed by atoms with Crippen LogP contribution in [0.15, 0.2) is 71.3 Å². The van der Waals surface area contributed by atoms with Gasteiger partial charge in [-0.3, -0.25) is 9.59 Å². The number of carbonyl (C=O) groups is 2. The van der Waals surface area contributed by atoms with Crippen LogP contribution in [0.5, 0.6) is 0 Å². The van der Waals surface area contributed by atoms with Crippen molar-refractivity contribution in [2.24, 2.45) is 0 Å². The lowest BCUT2D eigenvalue weighted by atomic mass is 9.86. The van der Waals surface area contributed by atoms with Gasteiger partial charge in [0.25, 0.3) is 11.8 Å². The first-order valence-electron chi connectivity index (χ1n) is 9.16. The zero-order chi connectivity index (χ0) is 20.1. The molecule has 0 aliphatic carbocycles. The second-order valence-electron chi connectivity index (χ2n) is 7.59. The van der Waals surface area contributed by atoms with Crippen molar-refractivity contribution < 1.29 is 14.0 Å². The van der Waals surface area contributed by atoms with Crippen LogP contribution in [0.2, 0.25) is 0 Å². The van der Waals surface area contributed by atoms with Crippen LogP contribution in [0.3, 0.4) is 0 Å². The molecule has 0 spiro atoms. The van der Waals surface area contributed by atoms with Gasteiger partial charge in [0.05, 0.1) is 12.8 Å². The summed E-state index contributed by atoms with van der Waals surface area (Å²) in [6, 6.07) is 17.9. The summed E-state index contributed by atoms with van der Waals surface area (Å²) in [6.45, 7) is 6.63. The maximum Gasteiger partial charge on any atom is 0.255 e. The number of rotatable bonds is 5. The van der Waals surface area contributed by atoms with Gasteiger partial charge in [-0.05, 0) is 53.4 Å². The normalized spacial score (nSPS) is 11.1. The van der Waals surface area contributed by atoms with Crippen LogP contribution < -0.4 is 10.6 Å². The highest BCUT2D eigenvalue weighted by Crippen LogP contribution is 2.29. The first-order chi connectivity index (χ1) is 13.3. The van der Waals surface area contributed by atoms with Gasteiger partial charge in [-0.1, -0.05) is 39.0 Å². The van der Waals surface area contributed by atoms with Crippen molar-refractivity contribution in [1.29, 1.82) is 0 Å². The molecule has 0 radical (unpaired) electrons. The van der Waals surface area contributed by atoms with E-state index in [2.05, 4.69) is 31.4 Å². The second-order valence-corrected chi connectivity index (χ2v) is 7.59. The zero-order valence-electron chi connectivity index (χ0n) is 16.3. The number of carbonyl (C=O) groups excluding carboxylic acids is 2. The van der Waals surface area contributed by atoms with Crippen molar-refractivity contribution in [2.75, 3.05) is 5.32 Å². The molecule has 1 aromatic heterocycles. The molecule has 5 heteroatoms. The number of amides is 2. The molecule has 1 heterocycles. The number of furan rings is 1. The van der Waals surface area contributed by atoms with Crippen LogP contribution in [0.1, 0.15) is 52.8 Å². The summed E-state index contributed by atoms with van der Waals surface area (Å²) in [6.07, 6.45) is 1.56. The van der Waals surface area contributed by atoms with E-state index in [0.29, 0.717) is 23.4 Å². The predicted molar refractivity (Wildman–Crippen MR) is 109 cm³/mol. The summed E-state index contributed by atoms with van der Waals surface area (Å²) in [5.41, 5.74) is 2.75. The van der Waals surface area contributed by atoms with Crippen LogP contribution >= 0.6 is 0 Å². The van der Waals surface area contributed by atoms with Crippen molar-refractivity contribution >= 4 is 17.5 Å². The fraction of sp³-hybridized carbons (Fsp3) is 0.217. The zero-order valence-corrected chi connectivity index (χ0v) is 16.3. The Balaban J connectivity index is 1.66. The van der Waals surface area contributed by atoms with Gasteiger partial charge in [0.15, 0.2) is 0 Å². The maximum atomic E-state index is 12.6. The lowest BCUT2D eigenvalue weighted by Gasteiger charge is -2.23. The minimum absolute atomic E-state index is 0.0835. The maximum absolute atomic E-state index is 12.6. The second kappa shape index (κ2) is 8.13. The quantitative estimate of drug-likeness (QED) is 0.674. The Kier molecular flexibility index (Phi) is 5.64. The molecule has 0 bridgehead atoms. The molecular weight excluding hydrogens is 352 g/mol. The third kappa shape index (κ3) is 4.68. The standard InChI is InChI=1S/C23H24N2O3/c1-23(2,3)19-8-4-5-9-20(19)25-22(27)17-12-10-16(11-13-17)21(26)24-15-18-7-6-14-28-18/h4-14H,15H2,1-3H3,(H,24,26)(H,25,27). The molecule has 0 saturated carbocycles. The van der Waals surface area contributed by atoms with Crippen LogP contribution in [-0.4, -0.2) is 11.8 Å². The summed E-state index contributed by atoms with van der Waals surface area (Å²) in [5, 5.41) is 5.75. The van der Waals surface area contributed by atoms with E-state index in [1.807, 2.05) is 24.3 Å². The Morgan fingerprint density at radius 3 is 2.11 bits per heavy atom. The summed E-state index contributed by atoms with van der Waals surface area (Å²) >= 11 is 0. The molecule has 0 saturated heterocycles. The molecule has 0 unspecified atom stereocenters. The van der Waals surface area contributed by atoms with Gasteiger partial charge in [-0.15, -0.1) is 0 Å². The average molecular weight is 376 g/mol. The highest BCUT2D eigenvalue weighted by Gasteiger charge is 2.19. The lowest BCUT2D eigenvalue weighted by molar-refractivity contribution is 0.0946. The monoisotopic (exact) mass is 376 g/mol. The molecule has 0 fully saturated rings. The van der Waals surface area contributed by atoms with Crippen molar-refractivity contribution in [3.8, 4) is 0 Å². The van der Waals surface area contributed by atoms with Crippen molar-refractivity contribution in [2.45, 2.75) is 32.7 Å². The Bertz CT molecular complexity index is 952. The number of para-hydroxylation sites is 1. The highest BCUT2D eigenvalue weighted by atomic mass is 16.3. The van der Waals surface area contributed by atoms with Crippen molar-refractivity contribution in [1.82, 2.24) is 5.32 Å². The topological polar surface area (TPSA) is 71.3 Å². The number of hydrogen-bond acceptors (Lipinski definition) is 3. The van der Waals surface area contributed by atoms with Crippen LogP contribution in [0.25, 0.3) is 0 Å². The number of nitrogens with one attached hydrogen (secondary N) is 2. The van der Waals surface area contributed by atoms with Gasteiger partial charge >= 0.3 is 0 Å². The molecule has 2 N–H and O–H groups in total. The molecule has 0 aliphatic heterocycles. The third-order valence-corrected chi connectivity index (χ3v) is 4.40. The molecule has 0 atom stereocenters. The van der Waals surface area contributed by atoms with E-state index in [4.69, 9.17) is 4.42 Å². The molecular formula is C23H24N2O3. The Morgan fingerprint density at radius 2 is 1.50 bits per heavy atom. The van der Waals surface area contributed by atoms with E-state index in [9.17, 15) is 9.59 Å². The predicted octanol–water partition coefficient (Wildman–Crippen LogP) is 4.76. The van der Waals surface area contributed by atoms with Crippen LogP contribution in [0, 0.1) is 0 Å². The van der Waals surface area contributed by atoms with E-state index in [1.165, 1.54) is 0 Å². The smallest absolute Gasteiger partial charge is 0.255 e. The fourth-order valence-corrected chi connectivity index (χ4v) is 2.90. The first kappa shape index (κ1) is 19.4. The van der Waals surface area contributed by atoms with Crippen LogP contribution in [0.4, 0.5) is 5.69 Å². The Labute approximate surface area is 164 Å². The number of benzene rings is 2. The van der Waals surface area contributed by atoms with E-state index < -0.39 is 0 Å². The summed E-state index contributed by atoms with van der Waals surface area (Å²) in [7, 11) is 0. The van der Waals surface area contributed by atoms with Crippen molar-refractivity contribution in [3.63, 3.8) is 0 Å². The minimum atomic E-state index is -0.221. The molecule has 2 aromatic carbocycles. The molecule has 3 rings (SSSR count). The molecule has 5 nitrogen and oxygen atoms in total. The fourth-order valence-electron chi connectivity index (χ4n) is 2.90. The largest absolute Gasteiger partial charge is 0.467 e. The van der Waals surface area contributed by atoms with E-state index in [0.717, 1.165) is 11.3 Å². The van der Waals surface area contributed by atoms with Gasteiger partial charge in [0.1, 0.15) is 5.76 Å². The summed E-state index contributed by atoms with van der Waals surface area (Å²) in [5.74, 6) is 0.252. The Morgan fingerprint density at radius 1 is 0.857 bits per heavy atom. The summed E-state index contributed by atoms with van der Waals surface area (Å²) < 4.78 is 5.19. The summed E-state index contributed by atoms with van der Waals surface area (Å²) in [4.78, 5) is 24.8. The average Bonchev–Trinajstić information content (AvgIpc) is 3.19. The van der Waals surface area contributed by atoms with Crippen molar-refractivity contribution in [3.05, 3.63) is 89.4 Å². The minimum Gasteiger partial charge on any atom is -0.467 e. The Hall–Kier alpha value is -3.34. The van der Waals surface area contributed by atoms with E-state index >= 15 is 0 Å². The van der Waals surface area contributed by atoms with Gasteiger partial charge in [0.2, 0.25) is 0 Å². The molecule has 3 aromatic rings.